The van der Waals surface area contributed by atoms with E-state index in [1.807, 2.05) is 26.8 Å². The zero-order valence-corrected chi connectivity index (χ0v) is 12.1. The summed E-state index contributed by atoms with van der Waals surface area (Å²) in [6.45, 7) is 6.78. The van der Waals surface area contributed by atoms with Gasteiger partial charge in [-0.05, 0) is 24.1 Å². The average Bonchev–Trinajstić information content (AvgIpc) is 2.38. The van der Waals surface area contributed by atoms with Gasteiger partial charge in [0, 0.05) is 11.4 Å². The van der Waals surface area contributed by atoms with E-state index in [0.29, 0.717) is 10.6 Å². The summed E-state index contributed by atoms with van der Waals surface area (Å²) < 4.78 is 7.73. The van der Waals surface area contributed by atoms with Crippen molar-refractivity contribution in [2.45, 2.75) is 25.7 Å². The minimum absolute atomic E-state index is 0.407. The van der Waals surface area contributed by atoms with Gasteiger partial charge in [-0.25, -0.2) is 4.79 Å². The highest BCUT2D eigenvalue weighted by atomic mass is 35.5. The Hall–Kier alpha value is -0.710. The number of ether oxygens (including phenoxy) is 1. The molecule has 5 heteroatoms. The van der Waals surface area contributed by atoms with Crippen molar-refractivity contribution in [3.8, 4) is 0 Å². The standard InChI is InChI=1S/C10H12ClNO2S.C2H6/c1-3-12-15-8-6-4-5-7(11)9(8)10(13)14-2;1-2/h4-6,12H,3H2,1-2H3;1-2H3. The highest BCUT2D eigenvalue weighted by Crippen LogP contribution is 2.27. The largest absolute Gasteiger partial charge is 0.465 e. The van der Waals surface area contributed by atoms with Crippen LogP contribution in [0.5, 0.6) is 0 Å². The number of hydrogen-bond acceptors (Lipinski definition) is 4. The first kappa shape index (κ1) is 16.3. The van der Waals surface area contributed by atoms with E-state index in [0.717, 1.165) is 11.4 Å². The number of nitrogens with one attached hydrogen (secondary N) is 1. The lowest BCUT2D eigenvalue weighted by Crippen LogP contribution is -2.07. The smallest absolute Gasteiger partial charge is 0.340 e. The third-order valence-corrected chi connectivity index (χ3v) is 3.00. The molecule has 0 fully saturated rings. The maximum absolute atomic E-state index is 11.5. The van der Waals surface area contributed by atoms with Crippen LogP contribution in [0.25, 0.3) is 0 Å². The summed E-state index contributed by atoms with van der Waals surface area (Å²) in [5.41, 5.74) is 0.410. The fourth-order valence-corrected chi connectivity index (χ4v) is 2.09. The van der Waals surface area contributed by atoms with E-state index in [9.17, 15) is 4.79 Å². The number of rotatable bonds is 4. The molecule has 0 amide bonds. The van der Waals surface area contributed by atoms with Gasteiger partial charge in [-0.1, -0.05) is 38.4 Å². The van der Waals surface area contributed by atoms with Crippen molar-refractivity contribution in [3.05, 3.63) is 28.8 Å². The molecule has 0 saturated heterocycles. The predicted molar refractivity (Wildman–Crippen MR) is 73.7 cm³/mol. The van der Waals surface area contributed by atoms with Crippen LogP contribution in [-0.2, 0) is 4.74 Å². The van der Waals surface area contributed by atoms with Gasteiger partial charge >= 0.3 is 5.97 Å². The lowest BCUT2D eigenvalue weighted by molar-refractivity contribution is 0.0597. The number of carbonyl (C=O) groups excluding carboxylic acids is 1. The van der Waals surface area contributed by atoms with Gasteiger partial charge in [0.05, 0.1) is 17.7 Å². The van der Waals surface area contributed by atoms with Crippen molar-refractivity contribution in [2.24, 2.45) is 0 Å². The van der Waals surface area contributed by atoms with Crippen molar-refractivity contribution < 1.29 is 9.53 Å². The third kappa shape index (κ3) is 4.98. The Morgan fingerprint density at radius 2 is 2.12 bits per heavy atom. The molecular formula is C12H18ClNO2S. The number of methoxy groups -OCH3 is 1. The Morgan fingerprint density at radius 3 is 2.65 bits per heavy atom. The van der Waals surface area contributed by atoms with Crippen LogP contribution in [-0.4, -0.2) is 19.6 Å². The Kier molecular flexibility index (Phi) is 8.94. The number of hydrogen-bond donors (Lipinski definition) is 1. The summed E-state index contributed by atoms with van der Waals surface area (Å²) in [6, 6.07) is 5.30. The van der Waals surface area contributed by atoms with E-state index in [-0.39, 0.29) is 0 Å². The van der Waals surface area contributed by atoms with Crippen LogP contribution in [0.15, 0.2) is 23.1 Å². The number of esters is 1. The SMILES string of the molecule is CC.CCNSc1cccc(Cl)c1C(=O)OC. The molecule has 0 atom stereocenters. The van der Waals surface area contributed by atoms with Gasteiger partial charge in [0.2, 0.25) is 0 Å². The number of carbonyl (C=O) groups is 1. The Bertz CT molecular complexity index is 358. The van der Waals surface area contributed by atoms with E-state index in [2.05, 4.69) is 9.46 Å². The van der Waals surface area contributed by atoms with Gasteiger partial charge in [-0.2, -0.15) is 0 Å². The van der Waals surface area contributed by atoms with Crippen LogP contribution in [0.3, 0.4) is 0 Å². The Balaban J connectivity index is 0.00000121. The van der Waals surface area contributed by atoms with Crippen LogP contribution in [0.4, 0.5) is 0 Å². The highest BCUT2D eigenvalue weighted by Gasteiger charge is 2.15. The minimum atomic E-state index is -0.416. The summed E-state index contributed by atoms with van der Waals surface area (Å²) in [5.74, 6) is -0.416. The molecular weight excluding hydrogens is 258 g/mol. The molecule has 1 aromatic carbocycles. The monoisotopic (exact) mass is 275 g/mol. The van der Waals surface area contributed by atoms with Crippen LogP contribution < -0.4 is 4.72 Å². The van der Waals surface area contributed by atoms with Crippen LogP contribution >= 0.6 is 23.5 Å². The molecule has 0 aliphatic rings. The first-order valence-corrected chi connectivity index (χ1v) is 6.66. The molecule has 0 heterocycles. The van der Waals surface area contributed by atoms with E-state index >= 15 is 0 Å². The number of halogens is 1. The predicted octanol–water partition coefficient (Wildman–Crippen LogP) is 3.77. The molecule has 3 nitrogen and oxygen atoms in total. The molecule has 1 rings (SSSR count). The van der Waals surface area contributed by atoms with Crippen LogP contribution in [0.2, 0.25) is 5.02 Å². The summed E-state index contributed by atoms with van der Waals surface area (Å²) in [5, 5.41) is 0.407. The third-order valence-electron chi connectivity index (χ3n) is 1.69. The second-order valence-corrected chi connectivity index (χ2v) is 4.04. The number of benzene rings is 1. The quantitative estimate of drug-likeness (QED) is 0.671. The van der Waals surface area contributed by atoms with Gasteiger partial charge < -0.3 is 4.74 Å². The first-order chi connectivity index (χ1) is 8.20. The topological polar surface area (TPSA) is 38.3 Å². The zero-order valence-electron chi connectivity index (χ0n) is 10.5. The lowest BCUT2D eigenvalue weighted by Gasteiger charge is -2.08. The summed E-state index contributed by atoms with van der Waals surface area (Å²) in [4.78, 5) is 12.2. The maximum Gasteiger partial charge on any atom is 0.340 e. The molecule has 0 spiro atoms. The fourth-order valence-electron chi connectivity index (χ4n) is 1.04. The van der Waals surface area contributed by atoms with Gasteiger partial charge in [0.25, 0.3) is 0 Å². The van der Waals surface area contributed by atoms with Crippen LogP contribution in [0.1, 0.15) is 31.1 Å². The summed E-state index contributed by atoms with van der Waals surface area (Å²) in [7, 11) is 1.34. The van der Waals surface area contributed by atoms with Gasteiger partial charge in [-0.3, -0.25) is 4.72 Å². The molecule has 1 N–H and O–H groups in total. The molecule has 96 valence electrons. The Labute approximate surface area is 112 Å². The molecule has 0 saturated carbocycles. The molecule has 0 unspecified atom stereocenters. The van der Waals surface area contributed by atoms with Crippen molar-refractivity contribution in [2.75, 3.05) is 13.7 Å². The van der Waals surface area contributed by atoms with Crippen molar-refractivity contribution in [3.63, 3.8) is 0 Å². The fraction of sp³-hybridized carbons (Fsp3) is 0.417. The van der Waals surface area contributed by atoms with Gasteiger partial charge in [0.15, 0.2) is 0 Å². The zero-order chi connectivity index (χ0) is 13.3. The maximum atomic E-state index is 11.5. The van der Waals surface area contributed by atoms with Crippen molar-refractivity contribution >= 4 is 29.5 Å². The molecule has 0 aliphatic heterocycles. The molecule has 0 aliphatic carbocycles. The van der Waals surface area contributed by atoms with E-state index in [4.69, 9.17) is 11.6 Å². The summed E-state index contributed by atoms with van der Waals surface area (Å²) in [6.07, 6.45) is 0. The molecule has 0 aromatic heterocycles. The average molecular weight is 276 g/mol. The minimum Gasteiger partial charge on any atom is -0.465 e. The van der Waals surface area contributed by atoms with Gasteiger partial charge in [0.1, 0.15) is 0 Å². The van der Waals surface area contributed by atoms with Crippen molar-refractivity contribution in [1.29, 1.82) is 0 Å². The van der Waals surface area contributed by atoms with E-state index < -0.39 is 5.97 Å². The summed E-state index contributed by atoms with van der Waals surface area (Å²) >= 11 is 7.31. The normalized spacial score (nSPS) is 9.24. The van der Waals surface area contributed by atoms with Crippen molar-refractivity contribution in [1.82, 2.24) is 4.72 Å². The first-order valence-electron chi connectivity index (χ1n) is 5.47. The molecule has 0 bridgehead atoms. The Morgan fingerprint density at radius 1 is 1.47 bits per heavy atom. The molecule has 0 radical (unpaired) electrons. The highest BCUT2D eigenvalue weighted by molar-refractivity contribution is 7.97. The van der Waals surface area contributed by atoms with E-state index in [1.54, 1.807) is 12.1 Å². The lowest BCUT2D eigenvalue weighted by atomic mass is 10.2. The molecule has 17 heavy (non-hydrogen) atoms. The second-order valence-electron chi connectivity index (χ2n) is 2.70. The van der Waals surface area contributed by atoms with E-state index in [1.165, 1.54) is 19.1 Å². The van der Waals surface area contributed by atoms with Gasteiger partial charge in [-0.15, -0.1) is 0 Å². The second kappa shape index (κ2) is 9.33. The van der Waals surface area contributed by atoms with Crippen LogP contribution in [0, 0.1) is 0 Å². The molecule has 1 aromatic rings.